The molecular weight excluding hydrogens is 340 g/mol. The molecule has 3 aromatic rings. The van der Waals surface area contributed by atoms with Gasteiger partial charge in [0.25, 0.3) is 0 Å². The number of nitrogens with zero attached hydrogens (tertiary/aromatic N) is 3. The van der Waals surface area contributed by atoms with Gasteiger partial charge in [0.1, 0.15) is 17.5 Å². The van der Waals surface area contributed by atoms with E-state index in [2.05, 4.69) is 32.0 Å². The Labute approximate surface area is 136 Å². The zero-order valence-corrected chi connectivity index (χ0v) is 13.1. The molecule has 0 radical (unpaired) electrons. The number of anilines is 1. The van der Waals surface area contributed by atoms with Gasteiger partial charge in [0, 0.05) is 28.0 Å². The second-order valence-corrected chi connectivity index (χ2v) is 5.50. The van der Waals surface area contributed by atoms with Crippen LogP contribution in [0.3, 0.4) is 0 Å². The van der Waals surface area contributed by atoms with E-state index in [-0.39, 0.29) is 5.82 Å². The third-order valence-corrected chi connectivity index (χ3v) is 3.97. The van der Waals surface area contributed by atoms with E-state index in [1.807, 2.05) is 42.5 Å². The van der Waals surface area contributed by atoms with Crippen LogP contribution in [-0.4, -0.2) is 9.97 Å². The van der Waals surface area contributed by atoms with Crippen LogP contribution in [0, 0.1) is 11.3 Å². The highest BCUT2D eigenvalue weighted by atomic mass is 79.9. The number of nitrogen functional groups attached to an aromatic ring is 1. The van der Waals surface area contributed by atoms with Crippen molar-refractivity contribution in [3.05, 3.63) is 64.9 Å². The van der Waals surface area contributed by atoms with Crippen molar-refractivity contribution in [2.24, 2.45) is 0 Å². The first-order valence-corrected chi connectivity index (χ1v) is 7.36. The number of hydrogen-bond donors (Lipinski definition) is 1. The predicted molar refractivity (Wildman–Crippen MR) is 89.7 cm³/mol. The van der Waals surface area contributed by atoms with E-state index in [1.165, 1.54) is 0 Å². The lowest BCUT2D eigenvalue weighted by Gasteiger charge is -2.11. The number of hydrogen-bond acceptors (Lipinski definition) is 4. The minimum Gasteiger partial charge on any atom is -0.383 e. The molecule has 0 unspecified atom stereocenters. The molecule has 0 saturated heterocycles. The van der Waals surface area contributed by atoms with E-state index in [0.717, 1.165) is 21.2 Å². The summed E-state index contributed by atoms with van der Waals surface area (Å²) in [5.41, 5.74) is 9.56. The Morgan fingerprint density at radius 3 is 2.59 bits per heavy atom. The van der Waals surface area contributed by atoms with E-state index in [4.69, 9.17) is 5.73 Å². The summed E-state index contributed by atoms with van der Waals surface area (Å²) in [5.74, 6) is 0.217. The third-order valence-electron chi connectivity index (χ3n) is 3.28. The lowest BCUT2D eigenvalue weighted by atomic mass is 9.99. The van der Waals surface area contributed by atoms with Gasteiger partial charge < -0.3 is 5.73 Å². The van der Waals surface area contributed by atoms with Crippen LogP contribution in [0.4, 0.5) is 5.82 Å². The fraction of sp³-hybridized carbons (Fsp3) is 0. The van der Waals surface area contributed by atoms with Crippen LogP contribution in [0.1, 0.15) is 5.56 Å². The van der Waals surface area contributed by atoms with Crippen LogP contribution < -0.4 is 5.73 Å². The van der Waals surface area contributed by atoms with Gasteiger partial charge in [0.15, 0.2) is 0 Å². The molecule has 3 rings (SSSR count). The minimum atomic E-state index is 0.217. The zero-order valence-electron chi connectivity index (χ0n) is 11.5. The highest BCUT2D eigenvalue weighted by Gasteiger charge is 2.15. The summed E-state index contributed by atoms with van der Waals surface area (Å²) in [7, 11) is 0. The average molecular weight is 351 g/mol. The van der Waals surface area contributed by atoms with Gasteiger partial charge in [0.2, 0.25) is 0 Å². The molecule has 0 atom stereocenters. The van der Waals surface area contributed by atoms with Crippen molar-refractivity contribution in [3.8, 4) is 28.5 Å². The molecule has 5 heteroatoms. The second-order valence-electron chi connectivity index (χ2n) is 4.65. The Bertz CT molecular complexity index is 870. The van der Waals surface area contributed by atoms with Crippen LogP contribution >= 0.6 is 15.9 Å². The number of halogens is 1. The van der Waals surface area contributed by atoms with Crippen LogP contribution in [0.2, 0.25) is 0 Å². The van der Waals surface area contributed by atoms with E-state index in [1.54, 1.807) is 12.4 Å². The Morgan fingerprint density at radius 1 is 1.09 bits per heavy atom. The van der Waals surface area contributed by atoms with Crippen molar-refractivity contribution < 1.29 is 0 Å². The number of benzene rings is 1. The molecule has 22 heavy (non-hydrogen) atoms. The van der Waals surface area contributed by atoms with Crippen molar-refractivity contribution in [1.82, 2.24) is 9.97 Å². The fourth-order valence-corrected chi connectivity index (χ4v) is 2.73. The summed E-state index contributed by atoms with van der Waals surface area (Å²) >= 11 is 3.52. The number of nitrogens with two attached hydrogens (primary N) is 1. The minimum absolute atomic E-state index is 0.217. The monoisotopic (exact) mass is 350 g/mol. The lowest BCUT2D eigenvalue weighted by Crippen LogP contribution is -2.00. The number of nitriles is 1. The number of aromatic nitrogens is 2. The molecular formula is C17H11BrN4. The highest BCUT2D eigenvalue weighted by molar-refractivity contribution is 9.10. The maximum atomic E-state index is 9.42. The van der Waals surface area contributed by atoms with Gasteiger partial charge in [0.05, 0.1) is 5.69 Å². The van der Waals surface area contributed by atoms with Gasteiger partial charge >= 0.3 is 0 Å². The first-order chi connectivity index (χ1) is 10.7. The topological polar surface area (TPSA) is 75.6 Å². The lowest BCUT2D eigenvalue weighted by molar-refractivity contribution is 1.27. The number of pyridine rings is 2. The molecule has 0 bridgehead atoms. The normalized spacial score (nSPS) is 10.2. The molecule has 0 fully saturated rings. The standard InChI is InChI=1S/C17H11BrN4/c18-15-6-2-1-5-12(15)13-8-16(11-4-3-7-21-10-11)22-17(20)14(13)9-19/h1-8,10H,(H2,20,22). The quantitative estimate of drug-likeness (QED) is 0.756. The molecule has 0 aliphatic rings. The van der Waals surface area contributed by atoms with Crippen LogP contribution in [0.5, 0.6) is 0 Å². The van der Waals surface area contributed by atoms with Crippen molar-refractivity contribution in [2.45, 2.75) is 0 Å². The Morgan fingerprint density at radius 2 is 1.91 bits per heavy atom. The van der Waals surface area contributed by atoms with Gasteiger partial charge in [-0.3, -0.25) is 4.98 Å². The zero-order chi connectivity index (χ0) is 15.5. The van der Waals surface area contributed by atoms with Gasteiger partial charge in [-0.05, 0) is 29.8 Å². The Hall–Kier alpha value is -2.71. The van der Waals surface area contributed by atoms with Gasteiger partial charge in [-0.15, -0.1) is 0 Å². The predicted octanol–water partition coefficient (Wildman–Crippen LogP) is 4.03. The summed E-state index contributed by atoms with van der Waals surface area (Å²) in [4.78, 5) is 8.43. The molecule has 4 nitrogen and oxygen atoms in total. The summed E-state index contributed by atoms with van der Waals surface area (Å²) in [6.45, 7) is 0. The Balaban J connectivity index is 2.28. The van der Waals surface area contributed by atoms with E-state index < -0.39 is 0 Å². The molecule has 2 N–H and O–H groups in total. The largest absolute Gasteiger partial charge is 0.383 e. The van der Waals surface area contributed by atoms with Crippen molar-refractivity contribution in [1.29, 1.82) is 5.26 Å². The van der Waals surface area contributed by atoms with Crippen molar-refractivity contribution >= 4 is 21.7 Å². The molecule has 106 valence electrons. The summed E-state index contributed by atoms with van der Waals surface area (Å²) in [5, 5.41) is 9.42. The first-order valence-electron chi connectivity index (χ1n) is 6.56. The van der Waals surface area contributed by atoms with E-state index in [0.29, 0.717) is 11.3 Å². The molecule has 2 heterocycles. The smallest absolute Gasteiger partial charge is 0.142 e. The van der Waals surface area contributed by atoms with Crippen molar-refractivity contribution in [2.75, 3.05) is 5.73 Å². The molecule has 0 aliphatic carbocycles. The SMILES string of the molecule is N#Cc1c(-c2ccccc2Br)cc(-c2cccnc2)nc1N. The van der Waals surface area contributed by atoms with Crippen LogP contribution in [0.25, 0.3) is 22.4 Å². The van der Waals surface area contributed by atoms with E-state index in [9.17, 15) is 5.26 Å². The first kappa shape index (κ1) is 14.2. The fourth-order valence-electron chi connectivity index (χ4n) is 2.24. The third kappa shape index (κ3) is 2.57. The van der Waals surface area contributed by atoms with Crippen LogP contribution in [-0.2, 0) is 0 Å². The van der Waals surface area contributed by atoms with Gasteiger partial charge in [-0.1, -0.05) is 34.1 Å². The summed E-state index contributed by atoms with van der Waals surface area (Å²) < 4.78 is 0.897. The summed E-state index contributed by atoms with van der Waals surface area (Å²) in [6, 6.07) is 15.5. The Kier molecular flexibility index (Phi) is 3.86. The maximum absolute atomic E-state index is 9.42. The van der Waals surface area contributed by atoms with Gasteiger partial charge in [-0.2, -0.15) is 5.26 Å². The number of rotatable bonds is 2. The summed E-state index contributed by atoms with van der Waals surface area (Å²) in [6.07, 6.45) is 3.42. The molecule has 0 spiro atoms. The second kappa shape index (κ2) is 5.96. The highest BCUT2D eigenvalue weighted by Crippen LogP contribution is 2.34. The van der Waals surface area contributed by atoms with E-state index >= 15 is 0 Å². The molecule has 0 saturated carbocycles. The van der Waals surface area contributed by atoms with Crippen LogP contribution in [0.15, 0.2) is 59.3 Å². The molecule has 0 amide bonds. The molecule has 1 aromatic carbocycles. The van der Waals surface area contributed by atoms with Gasteiger partial charge in [-0.25, -0.2) is 4.98 Å². The molecule has 2 aromatic heterocycles. The maximum Gasteiger partial charge on any atom is 0.142 e. The average Bonchev–Trinajstić information content (AvgIpc) is 2.55. The van der Waals surface area contributed by atoms with Crippen molar-refractivity contribution in [3.63, 3.8) is 0 Å². The molecule has 0 aliphatic heterocycles.